The molecule has 14 heavy (non-hydrogen) atoms. The number of amides is 1. The molecule has 0 aromatic rings. The number of rotatable bonds is 4. The predicted molar refractivity (Wildman–Crippen MR) is 55.0 cm³/mol. The first kappa shape index (κ1) is 11.5. The van der Waals surface area contributed by atoms with E-state index in [1.807, 2.05) is 11.8 Å². The number of carbonyl (C=O) groups excluding carboxylic acids is 1. The molecule has 1 atom stereocenters. The molecular formula is C10H20N2O2. The van der Waals surface area contributed by atoms with Gasteiger partial charge in [0.2, 0.25) is 5.91 Å². The first-order valence-electron chi connectivity index (χ1n) is 5.29. The first-order valence-corrected chi connectivity index (χ1v) is 5.29. The number of likely N-dealkylation sites (tertiary alicyclic amines) is 1. The molecule has 0 spiro atoms. The summed E-state index contributed by atoms with van der Waals surface area (Å²) in [5, 5.41) is 8.80. The van der Waals surface area contributed by atoms with E-state index in [0.29, 0.717) is 6.04 Å². The van der Waals surface area contributed by atoms with Crippen LogP contribution in [0.3, 0.4) is 0 Å². The molecule has 1 rings (SSSR count). The third kappa shape index (κ3) is 2.69. The molecule has 0 aliphatic carbocycles. The average Bonchev–Trinajstić information content (AvgIpc) is 2.54. The molecule has 1 N–H and O–H groups in total. The van der Waals surface area contributed by atoms with Crippen LogP contribution in [-0.2, 0) is 4.79 Å². The Balaban J connectivity index is 2.43. The molecule has 0 aromatic carbocycles. The van der Waals surface area contributed by atoms with Crippen molar-refractivity contribution in [1.29, 1.82) is 0 Å². The van der Waals surface area contributed by atoms with Gasteiger partial charge in [-0.1, -0.05) is 0 Å². The number of carbonyl (C=O) groups is 1. The maximum atomic E-state index is 11.3. The lowest BCUT2D eigenvalue weighted by molar-refractivity contribution is -0.130. The number of hydrogen-bond donors (Lipinski definition) is 1. The van der Waals surface area contributed by atoms with Crippen molar-refractivity contribution in [1.82, 2.24) is 9.80 Å². The highest BCUT2D eigenvalue weighted by molar-refractivity contribution is 5.73. The maximum absolute atomic E-state index is 11.3. The molecule has 1 amide bonds. The van der Waals surface area contributed by atoms with Gasteiger partial charge in [0.1, 0.15) is 0 Å². The molecule has 1 aliphatic rings. The van der Waals surface area contributed by atoms with E-state index in [2.05, 4.69) is 4.90 Å². The van der Waals surface area contributed by atoms with Gasteiger partial charge in [-0.25, -0.2) is 0 Å². The molecule has 1 aliphatic heterocycles. The van der Waals surface area contributed by atoms with Gasteiger partial charge in [0.25, 0.3) is 0 Å². The van der Waals surface area contributed by atoms with Crippen LogP contribution in [0.2, 0.25) is 0 Å². The van der Waals surface area contributed by atoms with Gasteiger partial charge >= 0.3 is 0 Å². The highest BCUT2D eigenvalue weighted by Gasteiger charge is 2.27. The summed E-state index contributed by atoms with van der Waals surface area (Å²) in [6, 6.07) is 0.351. The zero-order valence-electron chi connectivity index (χ0n) is 9.07. The topological polar surface area (TPSA) is 43.8 Å². The molecule has 1 heterocycles. The molecular weight excluding hydrogens is 180 g/mol. The van der Waals surface area contributed by atoms with Gasteiger partial charge in [0.15, 0.2) is 0 Å². The molecule has 1 unspecified atom stereocenters. The summed E-state index contributed by atoms with van der Waals surface area (Å²) in [5.74, 6) is 0.156. The van der Waals surface area contributed by atoms with Crippen molar-refractivity contribution in [2.45, 2.75) is 26.3 Å². The molecule has 1 saturated heterocycles. The number of aliphatic hydroxyl groups is 1. The van der Waals surface area contributed by atoms with E-state index < -0.39 is 0 Å². The average molecular weight is 200 g/mol. The molecule has 0 saturated carbocycles. The standard InChI is InChI=1S/C10H20N2O2/c1-3-12(9(2)14)10-4-5-11(8-10)6-7-13/h10,13H,3-8H2,1-2H3. The first-order chi connectivity index (χ1) is 6.69. The van der Waals surface area contributed by atoms with E-state index in [4.69, 9.17) is 5.11 Å². The highest BCUT2D eigenvalue weighted by Crippen LogP contribution is 2.15. The zero-order valence-corrected chi connectivity index (χ0v) is 9.07. The minimum absolute atomic E-state index is 0.156. The lowest BCUT2D eigenvalue weighted by atomic mass is 10.2. The number of aliphatic hydroxyl groups excluding tert-OH is 1. The van der Waals surface area contributed by atoms with Crippen LogP contribution >= 0.6 is 0 Å². The Morgan fingerprint density at radius 1 is 1.64 bits per heavy atom. The Labute approximate surface area is 85.5 Å². The zero-order chi connectivity index (χ0) is 10.6. The van der Waals surface area contributed by atoms with Crippen LogP contribution in [0.4, 0.5) is 0 Å². The number of nitrogens with zero attached hydrogens (tertiary/aromatic N) is 2. The van der Waals surface area contributed by atoms with Gasteiger partial charge in [-0.3, -0.25) is 9.69 Å². The van der Waals surface area contributed by atoms with Crippen LogP contribution in [0.1, 0.15) is 20.3 Å². The van der Waals surface area contributed by atoms with Crippen molar-refractivity contribution >= 4 is 5.91 Å². The molecule has 4 heteroatoms. The fourth-order valence-corrected chi connectivity index (χ4v) is 2.15. The quantitative estimate of drug-likeness (QED) is 0.690. The van der Waals surface area contributed by atoms with Gasteiger partial charge in [0, 0.05) is 39.1 Å². The number of likely N-dealkylation sites (N-methyl/N-ethyl adjacent to an activating group) is 1. The largest absolute Gasteiger partial charge is 0.395 e. The van der Waals surface area contributed by atoms with E-state index in [1.54, 1.807) is 6.92 Å². The number of β-amino-alcohol motifs (C(OH)–C–C–N with tert-alkyl or cyclic N) is 1. The predicted octanol–water partition coefficient (Wildman–Crippen LogP) is -0.0786. The Hall–Kier alpha value is -0.610. The molecule has 0 radical (unpaired) electrons. The normalized spacial score (nSPS) is 22.6. The summed E-state index contributed by atoms with van der Waals surface area (Å²) in [5.41, 5.74) is 0. The third-order valence-electron chi connectivity index (χ3n) is 2.85. The van der Waals surface area contributed by atoms with Crippen molar-refractivity contribution in [3.63, 3.8) is 0 Å². The van der Waals surface area contributed by atoms with E-state index in [9.17, 15) is 4.79 Å². The Morgan fingerprint density at radius 2 is 2.36 bits per heavy atom. The van der Waals surface area contributed by atoms with E-state index in [0.717, 1.165) is 32.6 Å². The van der Waals surface area contributed by atoms with Gasteiger partial charge in [0.05, 0.1) is 6.61 Å². The monoisotopic (exact) mass is 200 g/mol. The van der Waals surface area contributed by atoms with Crippen molar-refractivity contribution in [2.24, 2.45) is 0 Å². The van der Waals surface area contributed by atoms with Crippen LogP contribution in [-0.4, -0.2) is 59.6 Å². The van der Waals surface area contributed by atoms with Gasteiger partial charge in [-0.15, -0.1) is 0 Å². The van der Waals surface area contributed by atoms with Crippen LogP contribution in [0.5, 0.6) is 0 Å². The van der Waals surface area contributed by atoms with Crippen LogP contribution in [0.25, 0.3) is 0 Å². The fourth-order valence-electron chi connectivity index (χ4n) is 2.15. The molecule has 0 aromatic heterocycles. The second kappa shape index (κ2) is 5.32. The Morgan fingerprint density at radius 3 is 2.86 bits per heavy atom. The summed E-state index contributed by atoms with van der Waals surface area (Å²) in [6.45, 7) is 7.26. The lowest BCUT2D eigenvalue weighted by Crippen LogP contribution is -2.40. The SMILES string of the molecule is CCN(C(C)=O)C1CCN(CCO)C1. The van der Waals surface area contributed by atoms with Gasteiger partial charge in [-0.05, 0) is 13.3 Å². The minimum atomic E-state index is 0.156. The van der Waals surface area contributed by atoms with E-state index >= 15 is 0 Å². The molecule has 0 bridgehead atoms. The second-order valence-corrected chi connectivity index (χ2v) is 3.77. The van der Waals surface area contributed by atoms with Crippen LogP contribution in [0.15, 0.2) is 0 Å². The maximum Gasteiger partial charge on any atom is 0.219 e. The third-order valence-corrected chi connectivity index (χ3v) is 2.85. The fraction of sp³-hybridized carbons (Fsp3) is 0.900. The van der Waals surface area contributed by atoms with Crippen LogP contribution in [0, 0.1) is 0 Å². The van der Waals surface area contributed by atoms with Crippen molar-refractivity contribution in [2.75, 3.05) is 32.8 Å². The summed E-state index contributed by atoms with van der Waals surface area (Å²) in [6.07, 6.45) is 1.04. The summed E-state index contributed by atoms with van der Waals surface area (Å²) < 4.78 is 0. The summed E-state index contributed by atoms with van der Waals surface area (Å²) >= 11 is 0. The summed E-state index contributed by atoms with van der Waals surface area (Å²) in [7, 11) is 0. The highest BCUT2D eigenvalue weighted by atomic mass is 16.3. The summed E-state index contributed by atoms with van der Waals surface area (Å²) in [4.78, 5) is 15.4. The van der Waals surface area contributed by atoms with Gasteiger partial charge in [-0.2, -0.15) is 0 Å². The minimum Gasteiger partial charge on any atom is -0.395 e. The van der Waals surface area contributed by atoms with E-state index in [-0.39, 0.29) is 12.5 Å². The van der Waals surface area contributed by atoms with Crippen molar-refractivity contribution < 1.29 is 9.90 Å². The smallest absolute Gasteiger partial charge is 0.219 e. The van der Waals surface area contributed by atoms with E-state index in [1.165, 1.54) is 0 Å². The Bertz CT molecular complexity index is 197. The number of hydrogen-bond acceptors (Lipinski definition) is 3. The molecule has 1 fully saturated rings. The lowest BCUT2D eigenvalue weighted by Gasteiger charge is -2.26. The Kier molecular flexibility index (Phi) is 4.35. The molecule has 4 nitrogen and oxygen atoms in total. The van der Waals surface area contributed by atoms with Gasteiger partial charge < -0.3 is 10.0 Å². The second-order valence-electron chi connectivity index (χ2n) is 3.77. The van der Waals surface area contributed by atoms with Crippen molar-refractivity contribution in [3.05, 3.63) is 0 Å². The molecule has 82 valence electrons. The van der Waals surface area contributed by atoms with Crippen molar-refractivity contribution in [3.8, 4) is 0 Å². The van der Waals surface area contributed by atoms with Crippen LogP contribution < -0.4 is 0 Å².